The molecule has 1 atom stereocenters. The van der Waals surface area contributed by atoms with Gasteiger partial charge >= 0.3 is 0 Å². The maximum atomic E-state index is 8.71. The van der Waals surface area contributed by atoms with Gasteiger partial charge in [-0.3, -0.25) is 0 Å². The van der Waals surface area contributed by atoms with Crippen molar-refractivity contribution < 1.29 is 0 Å². The highest BCUT2D eigenvalue weighted by Crippen LogP contribution is 2.10. The maximum Gasteiger partial charge on any atom is 0.225 e. The predicted molar refractivity (Wildman–Crippen MR) is 59.6 cm³/mol. The Morgan fingerprint density at radius 2 is 2.20 bits per heavy atom. The van der Waals surface area contributed by atoms with Gasteiger partial charge in [0.05, 0.1) is 12.0 Å². The van der Waals surface area contributed by atoms with Gasteiger partial charge in [-0.15, -0.1) is 0 Å². The first-order chi connectivity index (χ1) is 7.04. The Labute approximate surface area is 90.6 Å². The summed E-state index contributed by atoms with van der Waals surface area (Å²) in [6.07, 6.45) is 1.81. The van der Waals surface area contributed by atoms with Gasteiger partial charge in [-0.25, -0.2) is 9.97 Å². The number of hydrogen-bond acceptors (Lipinski definition) is 4. The Bertz CT molecular complexity index is 381. The topological polar surface area (TPSA) is 52.8 Å². The van der Waals surface area contributed by atoms with Crippen molar-refractivity contribution in [1.82, 2.24) is 9.97 Å². The van der Waals surface area contributed by atoms with E-state index in [1.807, 2.05) is 38.9 Å². The summed E-state index contributed by atoms with van der Waals surface area (Å²) < 4.78 is 0. The molecule has 0 aliphatic rings. The number of nitriles is 1. The van der Waals surface area contributed by atoms with Crippen molar-refractivity contribution in [3.05, 3.63) is 17.5 Å². The molecule has 0 saturated carbocycles. The molecule has 15 heavy (non-hydrogen) atoms. The second-order valence-corrected chi connectivity index (χ2v) is 3.85. The van der Waals surface area contributed by atoms with Crippen LogP contribution in [0.25, 0.3) is 0 Å². The van der Waals surface area contributed by atoms with E-state index in [-0.39, 0.29) is 5.92 Å². The minimum absolute atomic E-state index is 0.0137. The third kappa shape index (κ3) is 2.91. The van der Waals surface area contributed by atoms with Crippen LogP contribution in [0.2, 0.25) is 0 Å². The minimum Gasteiger partial charge on any atom is -0.343 e. The van der Waals surface area contributed by atoms with Gasteiger partial charge in [0, 0.05) is 25.5 Å². The van der Waals surface area contributed by atoms with Crippen molar-refractivity contribution in [2.24, 2.45) is 5.92 Å². The molecule has 0 amide bonds. The molecule has 0 fully saturated rings. The van der Waals surface area contributed by atoms with Gasteiger partial charge in [-0.05, 0) is 26.3 Å². The first kappa shape index (κ1) is 11.4. The zero-order valence-electron chi connectivity index (χ0n) is 9.65. The SMILES string of the molecule is Cc1cnc(N(C)CC(C)C#N)nc1C. The summed E-state index contributed by atoms with van der Waals surface area (Å²) in [7, 11) is 1.90. The molecule has 1 aromatic heterocycles. The summed E-state index contributed by atoms with van der Waals surface area (Å²) in [5.74, 6) is 0.667. The van der Waals surface area contributed by atoms with Crippen LogP contribution in [0.4, 0.5) is 5.95 Å². The highest BCUT2D eigenvalue weighted by molar-refractivity contribution is 5.31. The van der Waals surface area contributed by atoms with Gasteiger partial charge in [0.15, 0.2) is 0 Å². The third-order valence-corrected chi connectivity index (χ3v) is 2.32. The molecular weight excluding hydrogens is 188 g/mol. The molecule has 0 bridgehead atoms. The van der Waals surface area contributed by atoms with Gasteiger partial charge in [0.2, 0.25) is 5.95 Å². The number of rotatable bonds is 3. The van der Waals surface area contributed by atoms with Crippen molar-refractivity contribution in [2.45, 2.75) is 20.8 Å². The lowest BCUT2D eigenvalue weighted by molar-refractivity contribution is 0.700. The standard InChI is InChI=1S/C11H16N4/c1-8(5-12)7-15(4)11-13-6-9(2)10(3)14-11/h6,8H,7H2,1-4H3. The fourth-order valence-corrected chi connectivity index (χ4v) is 1.23. The molecule has 0 aromatic carbocycles. The van der Waals surface area contributed by atoms with Crippen LogP contribution in [0.15, 0.2) is 6.20 Å². The highest BCUT2D eigenvalue weighted by atomic mass is 15.2. The summed E-state index contributed by atoms with van der Waals surface area (Å²) in [4.78, 5) is 10.5. The van der Waals surface area contributed by atoms with Crippen molar-refractivity contribution >= 4 is 5.95 Å². The molecule has 1 unspecified atom stereocenters. The van der Waals surface area contributed by atoms with Crippen LogP contribution in [-0.4, -0.2) is 23.6 Å². The molecule has 0 N–H and O–H groups in total. The Balaban J connectivity index is 2.79. The third-order valence-electron chi connectivity index (χ3n) is 2.32. The average Bonchev–Trinajstić information content (AvgIpc) is 2.21. The number of hydrogen-bond donors (Lipinski definition) is 0. The quantitative estimate of drug-likeness (QED) is 0.751. The number of aryl methyl sites for hydroxylation is 2. The van der Waals surface area contributed by atoms with Gasteiger partial charge in [-0.2, -0.15) is 5.26 Å². The summed E-state index contributed by atoms with van der Waals surface area (Å²) in [5.41, 5.74) is 2.07. The lowest BCUT2D eigenvalue weighted by atomic mass is 10.2. The monoisotopic (exact) mass is 204 g/mol. The van der Waals surface area contributed by atoms with Crippen LogP contribution < -0.4 is 4.90 Å². The molecule has 4 heteroatoms. The molecule has 1 rings (SSSR count). The zero-order valence-corrected chi connectivity index (χ0v) is 9.65. The van der Waals surface area contributed by atoms with E-state index in [0.29, 0.717) is 12.5 Å². The lowest BCUT2D eigenvalue weighted by Crippen LogP contribution is -2.25. The Morgan fingerprint density at radius 1 is 1.53 bits per heavy atom. The van der Waals surface area contributed by atoms with Crippen molar-refractivity contribution in [3.8, 4) is 6.07 Å². The van der Waals surface area contributed by atoms with E-state index < -0.39 is 0 Å². The van der Waals surface area contributed by atoms with E-state index in [1.54, 1.807) is 0 Å². The summed E-state index contributed by atoms with van der Waals surface area (Å²) in [6, 6.07) is 2.19. The average molecular weight is 204 g/mol. The van der Waals surface area contributed by atoms with E-state index in [2.05, 4.69) is 16.0 Å². The lowest BCUT2D eigenvalue weighted by Gasteiger charge is -2.18. The van der Waals surface area contributed by atoms with Gasteiger partial charge in [0.1, 0.15) is 0 Å². The van der Waals surface area contributed by atoms with E-state index in [0.717, 1.165) is 11.3 Å². The van der Waals surface area contributed by atoms with Gasteiger partial charge < -0.3 is 4.90 Å². The molecule has 1 aromatic rings. The number of anilines is 1. The maximum absolute atomic E-state index is 8.71. The van der Waals surface area contributed by atoms with Crippen LogP contribution in [0.5, 0.6) is 0 Å². The molecule has 0 saturated heterocycles. The molecule has 0 radical (unpaired) electrons. The zero-order chi connectivity index (χ0) is 11.4. The second-order valence-electron chi connectivity index (χ2n) is 3.85. The highest BCUT2D eigenvalue weighted by Gasteiger charge is 2.09. The van der Waals surface area contributed by atoms with E-state index >= 15 is 0 Å². The Morgan fingerprint density at radius 3 is 2.73 bits per heavy atom. The van der Waals surface area contributed by atoms with Crippen molar-refractivity contribution in [3.63, 3.8) is 0 Å². The molecule has 0 aliphatic carbocycles. The summed E-state index contributed by atoms with van der Waals surface area (Å²) in [6.45, 7) is 6.48. The smallest absolute Gasteiger partial charge is 0.225 e. The normalized spacial score (nSPS) is 11.9. The molecule has 80 valence electrons. The summed E-state index contributed by atoms with van der Waals surface area (Å²) in [5, 5.41) is 8.71. The molecule has 4 nitrogen and oxygen atoms in total. The predicted octanol–water partition coefficient (Wildman–Crippen LogP) is 1.69. The van der Waals surface area contributed by atoms with Crippen LogP contribution in [0.3, 0.4) is 0 Å². The fraction of sp³-hybridized carbons (Fsp3) is 0.545. The van der Waals surface area contributed by atoms with Crippen LogP contribution in [0, 0.1) is 31.1 Å². The van der Waals surface area contributed by atoms with E-state index in [1.165, 1.54) is 0 Å². The minimum atomic E-state index is -0.0137. The molecular formula is C11H16N4. The Hall–Kier alpha value is -1.63. The van der Waals surface area contributed by atoms with Crippen molar-refractivity contribution in [2.75, 3.05) is 18.5 Å². The van der Waals surface area contributed by atoms with Crippen LogP contribution in [0.1, 0.15) is 18.2 Å². The van der Waals surface area contributed by atoms with Gasteiger partial charge in [-0.1, -0.05) is 0 Å². The fourth-order valence-electron chi connectivity index (χ4n) is 1.23. The van der Waals surface area contributed by atoms with E-state index in [9.17, 15) is 0 Å². The van der Waals surface area contributed by atoms with Crippen LogP contribution >= 0.6 is 0 Å². The van der Waals surface area contributed by atoms with E-state index in [4.69, 9.17) is 5.26 Å². The number of nitrogens with zero attached hydrogens (tertiary/aromatic N) is 4. The first-order valence-electron chi connectivity index (χ1n) is 4.95. The molecule has 0 spiro atoms. The van der Waals surface area contributed by atoms with Crippen LogP contribution in [-0.2, 0) is 0 Å². The largest absolute Gasteiger partial charge is 0.343 e. The van der Waals surface area contributed by atoms with Crippen molar-refractivity contribution in [1.29, 1.82) is 5.26 Å². The number of aromatic nitrogens is 2. The summed E-state index contributed by atoms with van der Waals surface area (Å²) >= 11 is 0. The first-order valence-corrected chi connectivity index (χ1v) is 4.95. The second kappa shape index (κ2) is 4.74. The Kier molecular flexibility index (Phi) is 3.62. The van der Waals surface area contributed by atoms with Gasteiger partial charge in [0.25, 0.3) is 0 Å². The molecule has 1 heterocycles. The molecule has 0 aliphatic heterocycles.